The minimum absolute atomic E-state index is 0.574. The molecule has 1 aromatic rings. The van der Waals surface area contributed by atoms with Crippen LogP contribution in [0.15, 0.2) is 12.4 Å². The molecule has 1 heterocycles. The molecule has 106 valence electrons. The maximum Gasteiger partial charge on any atom is 0.441 e. The number of carboxylic acid groups (broad SMARTS) is 1. The summed E-state index contributed by atoms with van der Waals surface area (Å²) < 4.78 is 1.13. The molecule has 0 fully saturated rings. The van der Waals surface area contributed by atoms with Gasteiger partial charge in [-0.15, -0.1) is 0 Å². The third kappa shape index (κ3) is 5.54. The van der Waals surface area contributed by atoms with Crippen LogP contribution in [0.3, 0.4) is 0 Å². The van der Waals surface area contributed by atoms with Gasteiger partial charge in [0.1, 0.15) is 5.82 Å². The Morgan fingerprint density at radius 2 is 1.95 bits per heavy atom. The Balaban J connectivity index is 2.32. The normalized spacial score (nSPS) is 10.4. The number of nitrogens with zero attached hydrogens (tertiary/aromatic N) is 2. The van der Waals surface area contributed by atoms with Gasteiger partial charge in [-0.25, -0.2) is 14.6 Å². The highest BCUT2D eigenvalue weighted by molar-refractivity contribution is 6.28. The van der Waals surface area contributed by atoms with Crippen LogP contribution in [0.5, 0.6) is 0 Å². The molecule has 6 heteroatoms. The number of unbranched alkanes of at least 4 members (excludes halogenated alkanes) is 5. The van der Waals surface area contributed by atoms with Gasteiger partial charge in [-0.1, -0.05) is 39.0 Å². The van der Waals surface area contributed by atoms with Crippen molar-refractivity contribution in [2.24, 2.45) is 0 Å². The van der Waals surface area contributed by atoms with E-state index in [1.807, 2.05) is 0 Å². The van der Waals surface area contributed by atoms with Gasteiger partial charge >= 0.3 is 11.9 Å². The van der Waals surface area contributed by atoms with E-state index in [1.165, 1.54) is 38.1 Å². The molecular formula is C13H20N2O4. The first-order valence-electron chi connectivity index (χ1n) is 6.63. The number of carbonyl (C=O) groups is 2. The van der Waals surface area contributed by atoms with Crippen LogP contribution in [0.1, 0.15) is 51.3 Å². The van der Waals surface area contributed by atoms with Gasteiger partial charge in [0, 0.05) is 12.6 Å². The Bertz CT molecular complexity index is 415. The number of rotatable bonds is 8. The van der Waals surface area contributed by atoms with E-state index in [1.54, 1.807) is 0 Å². The lowest BCUT2D eigenvalue weighted by Crippen LogP contribution is -2.27. The highest BCUT2D eigenvalue weighted by atomic mass is 16.7. The lowest BCUT2D eigenvalue weighted by Gasteiger charge is -2.05. The third-order valence-corrected chi connectivity index (χ3v) is 2.79. The summed E-state index contributed by atoms with van der Waals surface area (Å²) in [5.74, 6) is -2.34. The molecule has 0 aliphatic rings. The van der Waals surface area contributed by atoms with Crippen molar-refractivity contribution in [2.45, 2.75) is 51.9 Å². The van der Waals surface area contributed by atoms with Crippen LogP contribution < -0.4 is 4.84 Å². The molecule has 0 saturated heterocycles. The summed E-state index contributed by atoms with van der Waals surface area (Å²) in [5.41, 5.74) is 0. The standard InChI is InChI=1S/C13H20N2O4/c1-2-3-4-5-6-7-8-11-14-9-10-15(11)19-13(18)12(16)17/h9-10H,2-8H2,1H3,(H,16,17). The second-order valence-electron chi connectivity index (χ2n) is 4.37. The van der Waals surface area contributed by atoms with E-state index >= 15 is 0 Å². The zero-order chi connectivity index (χ0) is 14.1. The number of carbonyl (C=O) groups excluding carboxylic acids is 1. The topological polar surface area (TPSA) is 81.4 Å². The molecule has 0 saturated carbocycles. The summed E-state index contributed by atoms with van der Waals surface area (Å²) in [4.78, 5) is 30.0. The number of hydrogen-bond donors (Lipinski definition) is 1. The second kappa shape index (κ2) is 8.29. The summed E-state index contributed by atoms with van der Waals surface area (Å²) in [5, 5.41) is 8.46. The van der Waals surface area contributed by atoms with Crippen LogP contribution in [0, 0.1) is 0 Å². The molecule has 1 N–H and O–H groups in total. The molecule has 0 atom stereocenters. The van der Waals surface area contributed by atoms with Gasteiger partial charge in [0.2, 0.25) is 0 Å². The van der Waals surface area contributed by atoms with E-state index in [9.17, 15) is 9.59 Å². The van der Waals surface area contributed by atoms with E-state index in [2.05, 4.69) is 16.7 Å². The molecule has 19 heavy (non-hydrogen) atoms. The maximum absolute atomic E-state index is 10.9. The average Bonchev–Trinajstić information content (AvgIpc) is 2.81. The molecule has 0 spiro atoms. The van der Waals surface area contributed by atoms with Crippen molar-refractivity contribution in [1.82, 2.24) is 9.71 Å². The number of aryl methyl sites for hydroxylation is 1. The SMILES string of the molecule is CCCCCCCCc1nccn1OC(=O)C(=O)O. The summed E-state index contributed by atoms with van der Waals surface area (Å²) >= 11 is 0. The van der Waals surface area contributed by atoms with Crippen molar-refractivity contribution in [1.29, 1.82) is 0 Å². The molecule has 0 amide bonds. The summed E-state index contributed by atoms with van der Waals surface area (Å²) in [6, 6.07) is 0. The van der Waals surface area contributed by atoms with Gasteiger partial charge in [-0.3, -0.25) is 0 Å². The zero-order valence-corrected chi connectivity index (χ0v) is 11.2. The van der Waals surface area contributed by atoms with Gasteiger partial charge in [0.15, 0.2) is 0 Å². The maximum atomic E-state index is 10.9. The van der Waals surface area contributed by atoms with Crippen LogP contribution in [0.2, 0.25) is 0 Å². The van der Waals surface area contributed by atoms with Crippen LogP contribution in [0.4, 0.5) is 0 Å². The quantitative estimate of drug-likeness (QED) is 0.574. The minimum Gasteiger partial charge on any atom is -0.473 e. The van der Waals surface area contributed by atoms with Crippen molar-refractivity contribution < 1.29 is 19.5 Å². The number of carboxylic acids is 1. The second-order valence-corrected chi connectivity index (χ2v) is 4.37. The summed E-state index contributed by atoms with van der Waals surface area (Å²) in [6.45, 7) is 2.17. The molecule has 1 rings (SSSR count). The van der Waals surface area contributed by atoms with Gasteiger partial charge in [-0.05, 0) is 6.42 Å². The Hall–Kier alpha value is -1.85. The minimum atomic E-state index is -1.61. The first-order valence-corrected chi connectivity index (χ1v) is 6.63. The molecule has 0 bridgehead atoms. The molecular weight excluding hydrogens is 248 g/mol. The van der Waals surface area contributed by atoms with Crippen molar-refractivity contribution in [3.05, 3.63) is 18.2 Å². The summed E-state index contributed by atoms with van der Waals surface area (Å²) in [6.07, 6.45) is 10.5. The van der Waals surface area contributed by atoms with Crippen molar-refractivity contribution >= 4 is 11.9 Å². The van der Waals surface area contributed by atoms with Crippen molar-refractivity contribution in [3.63, 3.8) is 0 Å². The van der Waals surface area contributed by atoms with E-state index in [0.29, 0.717) is 12.2 Å². The van der Waals surface area contributed by atoms with Crippen molar-refractivity contribution in [2.75, 3.05) is 0 Å². The Labute approximate surface area is 112 Å². The van der Waals surface area contributed by atoms with E-state index in [4.69, 9.17) is 5.11 Å². The predicted molar refractivity (Wildman–Crippen MR) is 68.5 cm³/mol. The predicted octanol–water partition coefficient (Wildman–Crippen LogP) is 1.83. The van der Waals surface area contributed by atoms with Crippen LogP contribution in [-0.4, -0.2) is 26.8 Å². The fourth-order valence-electron chi connectivity index (χ4n) is 1.77. The van der Waals surface area contributed by atoms with Gasteiger partial charge in [0.25, 0.3) is 0 Å². The number of aliphatic carboxylic acids is 1. The smallest absolute Gasteiger partial charge is 0.441 e. The Morgan fingerprint density at radius 1 is 1.26 bits per heavy atom. The largest absolute Gasteiger partial charge is 0.473 e. The van der Waals surface area contributed by atoms with E-state index in [-0.39, 0.29) is 0 Å². The number of imidazole rings is 1. The first-order chi connectivity index (χ1) is 9.15. The molecule has 0 aliphatic carbocycles. The molecule has 0 unspecified atom stereocenters. The van der Waals surface area contributed by atoms with Crippen LogP contribution >= 0.6 is 0 Å². The molecule has 6 nitrogen and oxygen atoms in total. The number of hydrogen-bond acceptors (Lipinski definition) is 4. The lowest BCUT2D eigenvalue weighted by atomic mass is 10.1. The number of aromatic nitrogens is 2. The lowest BCUT2D eigenvalue weighted by molar-refractivity contribution is -0.164. The average molecular weight is 268 g/mol. The van der Waals surface area contributed by atoms with E-state index in [0.717, 1.165) is 17.6 Å². The third-order valence-electron chi connectivity index (χ3n) is 2.79. The fourth-order valence-corrected chi connectivity index (χ4v) is 1.77. The Kier molecular flexibility index (Phi) is 6.63. The molecule has 0 radical (unpaired) electrons. The first kappa shape index (κ1) is 15.2. The zero-order valence-electron chi connectivity index (χ0n) is 11.2. The van der Waals surface area contributed by atoms with Gasteiger partial charge in [0.05, 0.1) is 6.20 Å². The highest BCUT2D eigenvalue weighted by Crippen LogP contribution is 2.08. The highest BCUT2D eigenvalue weighted by Gasteiger charge is 2.16. The monoisotopic (exact) mass is 268 g/mol. The van der Waals surface area contributed by atoms with Gasteiger partial charge < -0.3 is 9.94 Å². The van der Waals surface area contributed by atoms with Crippen molar-refractivity contribution in [3.8, 4) is 0 Å². The molecule has 0 aromatic carbocycles. The Morgan fingerprint density at radius 3 is 2.63 bits per heavy atom. The summed E-state index contributed by atoms with van der Waals surface area (Å²) in [7, 11) is 0. The van der Waals surface area contributed by atoms with E-state index < -0.39 is 11.9 Å². The molecule has 0 aliphatic heterocycles. The molecule has 1 aromatic heterocycles. The van der Waals surface area contributed by atoms with Crippen LogP contribution in [0.25, 0.3) is 0 Å². The van der Waals surface area contributed by atoms with Crippen LogP contribution in [-0.2, 0) is 16.0 Å². The van der Waals surface area contributed by atoms with Gasteiger partial charge in [-0.2, -0.15) is 4.73 Å². The fraction of sp³-hybridized carbons (Fsp3) is 0.615.